The minimum absolute atomic E-state index is 0.636. The van der Waals surface area contributed by atoms with Gasteiger partial charge in [-0.05, 0) is 30.2 Å². The normalized spacial score (nSPS) is 10.3. The Balaban J connectivity index is 1.66. The summed E-state index contributed by atoms with van der Waals surface area (Å²) in [6.07, 6.45) is 1.81. The van der Waals surface area contributed by atoms with Crippen LogP contribution in [0.15, 0.2) is 42.6 Å². The topological polar surface area (TPSA) is 43.4 Å². The lowest BCUT2D eigenvalue weighted by Crippen LogP contribution is -2.20. The summed E-state index contributed by atoms with van der Waals surface area (Å²) >= 11 is 0. The predicted octanol–water partition coefficient (Wildman–Crippen LogP) is 2.57. The van der Waals surface area contributed by atoms with Crippen molar-refractivity contribution in [3.8, 4) is 11.6 Å². The van der Waals surface area contributed by atoms with Gasteiger partial charge in [0, 0.05) is 25.4 Å². The van der Waals surface area contributed by atoms with Crippen LogP contribution < -0.4 is 14.8 Å². The molecular weight excluding hydrogens is 252 g/mol. The molecule has 0 radical (unpaired) electrons. The van der Waals surface area contributed by atoms with Gasteiger partial charge in [-0.2, -0.15) is 0 Å². The predicted molar refractivity (Wildman–Crippen MR) is 79.2 cm³/mol. The Labute approximate surface area is 119 Å². The monoisotopic (exact) mass is 272 g/mol. The van der Waals surface area contributed by atoms with E-state index < -0.39 is 0 Å². The van der Waals surface area contributed by atoms with E-state index in [9.17, 15) is 0 Å². The van der Waals surface area contributed by atoms with Gasteiger partial charge in [-0.25, -0.2) is 4.98 Å². The van der Waals surface area contributed by atoms with Crippen LogP contribution in [-0.4, -0.2) is 25.2 Å². The van der Waals surface area contributed by atoms with Gasteiger partial charge in [0.1, 0.15) is 12.4 Å². The molecule has 20 heavy (non-hydrogen) atoms. The van der Waals surface area contributed by atoms with E-state index in [1.807, 2.05) is 36.5 Å². The second-order valence-corrected chi connectivity index (χ2v) is 4.55. The maximum atomic E-state index is 5.66. The number of benzene rings is 1. The van der Waals surface area contributed by atoms with E-state index >= 15 is 0 Å². The molecule has 0 bridgehead atoms. The Bertz CT molecular complexity index is 526. The number of aromatic nitrogens is 1. The lowest BCUT2D eigenvalue weighted by Gasteiger charge is -2.08. The molecule has 1 N–H and O–H groups in total. The van der Waals surface area contributed by atoms with Gasteiger partial charge in [0.15, 0.2) is 0 Å². The van der Waals surface area contributed by atoms with Gasteiger partial charge in [-0.1, -0.05) is 18.2 Å². The van der Waals surface area contributed by atoms with E-state index in [1.165, 1.54) is 5.56 Å². The number of pyridine rings is 1. The Kier molecular flexibility index (Phi) is 5.38. The van der Waals surface area contributed by atoms with Crippen LogP contribution >= 0.6 is 0 Å². The van der Waals surface area contributed by atoms with Crippen LogP contribution in [-0.2, 0) is 6.54 Å². The second-order valence-electron chi connectivity index (χ2n) is 4.55. The van der Waals surface area contributed by atoms with Crippen LogP contribution in [0.2, 0.25) is 0 Å². The van der Waals surface area contributed by atoms with Gasteiger partial charge >= 0.3 is 0 Å². The second kappa shape index (κ2) is 7.50. The molecule has 0 aliphatic carbocycles. The van der Waals surface area contributed by atoms with Crippen LogP contribution in [0.1, 0.15) is 11.1 Å². The quantitative estimate of drug-likeness (QED) is 0.787. The Morgan fingerprint density at radius 3 is 2.80 bits per heavy atom. The third kappa shape index (κ3) is 4.55. The van der Waals surface area contributed by atoms with Crippen LogP contribution in [0, 0.1) is 6.92 Å². The zero-order valence-corrected chi connectivity index (χ0v) is 11.9. The molecular formula is C16H20N2O2. The fourth-order valence-corrected chi connectivity index (χ4v) is 1.82. The van der Waals surface area contributed by atoms with Gasteiger partial charge in [0.25, 0.3) is 0 Å². The zero-order valence-electron chi connectivity index (χ0n) is 11.9. The summed E-state index contributed by atoms with van der Waals surface area (Å²) in [5.41, 5.74) is 2.33. The Morgan fingerprint density at radius 1 is 1.20 bits per heavy atom. The number of nitrogens with zero attached hydrogens (tertiary/aromatic N) is 1. The van der Waals surface area contributed by atoms with Gasteiger partial charge in [-0.15, -0.1) is 0 Å². The maximum Gasteiger partial charge on any atom is 0.212 e. The van der Waals surface area contributed by atoms with Crippen molar-refractivity contribution in [1.29, 1.82) is 0 Å². The molecule has 2 aromatic rings. The standard InChI is InChI=1S/C16H20N2O2/c1-13-4-3-5-15(10-13)20-9-8-17-11-14-6-7-16(19-2)18-12-14/h3-7,10,12,17H,8-9,11H2,1-2H3. The molecule has 4 nitrogen and oxygen atoms in total. The molecule has 0 fully saturated rings. The SMILES string of the molecule is COc1ccc(CNCCOc2cccc(C)c2)cn1. The molecule has 0 spiro atoms. The fraction of sp³-hybridized carbons (Fsp3) is 0.312. The molecule has 0 amide bonds. The highest BCUT2D eigenvalue weighted by Crippen LogP contribution is 2.11. The smallest absolute Gasteiger partial charge is 0.212 e. The van der Waals surface area contributed by atoms with E-state index in [0.29, 0.717) is 12.5 Å². The van der Waals surface area contributed by atoms with E-state index in [4.69, 9.17) is 9.47 Å². The first-order valence-electron chi connectivity index (χ1n) is 6.67. The van der Waals surface area contributed by atoms with Gasteiger partial charge in [0.05, 0.1) is 7.11 Å². The highest BCUT2D eigenvalue weighted by molar-refractivity contribution is 5.27. The van der Waals surface area contributed by atoms with Crippen molar-refractivity contribution in [2.24, 2.45) is 0 Å². The Hall–Kier alpha value is -2.07. The van der Waals surface area contributed by atoms with Crippen molar-refractivity contribution in [3.05, 3.63) is 53.7 Å². The molecule has 0 unspecified atom stereocenters. The third-order valence-electron chi connectivity index (χ3n) is 2.87. The van der Waals surface area contributed by atoms with E-state index in [0.717, 1.165) is 24.4 Å². The Morgan fingerprint density at radius 2 is 2.10 bits per heavy atom. The van der Waals surface area contributed by atoms with E-state index in [-0.39, 0.29) is 0 Å². The number of rotatable bonds is 7. The molecule has 1 heterocycles. The third-order valence-corrected chi connectivity index (χ3v) is 2.87. The van der Waals surface area contributed by atoms with Crippen molar-refractivity contribution < 1.29 is 9.47 Å². The average molecular weight is 272 g/mol. The first kappa shape index (κ1) is 14.3. The molecule has 1 aromatic carbocycles. The molecule has 4 heteroatoms. The molecule has 106 valence electrons. The summed E-state index contributed by atoms with van der Waals surface area (Å²) in [6.45, 7) is 4.27. The summed E-state index contributed by atoms with van der Waals surface area (Å²) in [7, 11) is 1.61. The highest BCUT2D eigenvalue weighted by atomic mass is 16.5. The summed E-state index contributed by atoms with van der Waals surface area (Å²) in [4.78, 5) is 4.16. The minimum atomic E-state index is 0.636. The van der Waals surface area contributed by atoms with Crippen molar-refractivity contribution in [3.63, 3.8) is 0 Å². The average Bonchev–Trinajstić information content (AvgIpc) is 2.48. The number of aryl methyl sites for hydroxylation is 1. The van der Waals surface area contributed by atoms with Crippen molar-refractivity contribution in [1.82, 2.24) is 10.3 Å². The molecule has 0 saturated carbocycles. The summed E-state index contributed by atoms with van der Waals surface area (Å²) in [5.74, 6) is 1.55. The van der Waals surface area contributed by atoms with Crippen LogP contribution in [0.5, 0.6) is 11.6 Å². The number of ether oxygens (including phenoxy) is 2. The molecule has 0 aliphatic heterocycles. The molecule has 0 atom stereocenters. The number of hydrogen-bond acceptors (Lipinski definition) is 4. The van der Waals surface area contributed by atoms with Crippen LogP contribution in [0.4, 0.5) is 0 Å². The van der Waals surface area contributed by atoms with Crippen molar-refractivity contribution >= 4 is 0 Å². The first-order valence-corrected chi connectivity index (χ1v) is 6.67. The van der Waals surface area contributed by atoms with Gasteiger partial charge in [-0.3, -0.25) is 0 Å². The van der Waals surface area contributed by atoms with E-state index in [1.54, 1.807) is 7.11 Å². The summed E-state index contributed by atoms with van der Waals surface area (Å²) < 4.78 is 10.7. The molecule has 1 aromatic heterocycles. The lowest BCUT2D eigenvalue weighted by molar-refractivity contribution is 0.313. The fourth-order valence-electron chi connectivity index (χ4n) is 1.82. The molecule has 0 aliphatic rings. The molecule has 2 rings (SSSR count). The number of hydrogen-bond donors (Lipinski definition) is 1. The van der Waals surface area contributed by atoms with Crippen LogP contribution in [0.3, 0.4) is 0 Å². The lowest BCUT2D eigenvalue weighted by atomic mass is 10.2. The van der Waals surface area contributed by atoms with Gasteiger partial charge in [0.2, 0.25) is 5.88 Å². The zero-order chi connectivity index (χ0) is 14.2. The minimum Gasteiger partial charge on any atom is -0.492 e. The van der Waals surface area contributed by atoms with Gasteiger partial charge < -0.3 is 14.8 Å². The summed E-state index contributed by atoms with van der Waals surface area (Å²) in [5, 5.41) is 3.32. The highest BCUT2D eigenvalue weighted by Gasteiger charge is 1.96. The van der Waals surface area contributed by atoms with E-state index in [2.05, 4.69) is 23.3 Å². The number of methoxy groups -OCH3 is 1. The largest absolute Gasteiger partial charge is 0.492 e. The molecule has 0 saturated heterocycles. The summed E-state index contributed by atoms with van der Waals surface area (Å²) in [6, 6.07) is 11.9. The van der Waals surface area contributed by atoms with Crippen molar-refractivity contribution in [2.45, 2.75) is 13.5 Å². The number of nitrogens with one attached hydrogen (secondary N) is 1. The maximum absolute atomic E-state index is 5.66. The van der Waals surface area contributed by atoms with Crippen molar-refractivity contribution in [2.75, 3.05) is 20.3 Å². The van der Waals surface area contributed by atoms with Crippen LogP contribution in [0.25, 0.3) is 0 Å². The first-order chi connectivity index (χ1) is 9.78.